The second-order valence-electron chi connectivity index (χ2n) is 6.04. The first-order chi connectivity index (χ1) is 12.2. The minimum Gasteiger partial charge on any atom is -0.508 e. The highest BCUT2D eigenvalue weighted by Crippen LogP contribution is 2.16. The Labute approximate surface area is 144 Å². The van der Waals surface area contributed by atoms with E-state index in [9.17, 15) is 9.90 Å². The van der Waals surface area contributed by atoms with E-state index >= 15 is 0 Å². The van der Waals surface area contributed by atoms with Crippen molar-refractivity contribution in [1.29, 1.82) is 0 Å². The van der Waals surface area contributed by atoms with Gasteiger partial charge in [0.2, 0.25) is 5.91 Å². The Bertz CT molecular complexity index is 901. The summed E-state index contributed by atoms with van der Waals surface area (Å²) in [7, 11) is 0. The Morgan fingerprint density at radius 2 is 1.96 bits per heavy atom. The average molecular weight is 338 g/mol. The molecule has 128 valence electrons. The van der Waals surface area contributed by atoms with Crippen molar-refractivity contribution in [3.05, 3.63) is 48.3 Å². The molecule has 0 atom stereocenters. The van der Waals surface area contributed by atoms with E-state index in [1.807, 2.05) is 23.1 Å². The van der Waals surface area contributed by atoms with Crippen LogP contribution in [-0.4, -0.2) is 61.9 Å². The zero-order valence-corrected chi connectivity index (χ0v) is 13.6. The first-order valence-electron chi connectivity index (χ1n) is 8.17. The zero-order valence-electron chi connectivity index (χ0n) is 13.6. The molecule has 0 radical (unpaired) electrons. The number of piperazine rings is 1. The largest absolute Gasteiger partial charge is 0.508 e. The maximum absolute atomic E-state index is 12.5. The molecule has 0 spiro atoms. The van der Waals surface area contributed by atoms with E-state index in [1.165, 1.54) is 0 Å². The molecular weight excluding hydrogens is 320 g/mol. The molecule has 8 nitrogen and oxygen atoms in total. The van der Waals surface area contributed by atoms with Gasteiger partial charge in [0.1, 0.15) is 17.9 Å². The van der Waals surface area contributed by atoms with E-state index in [0.717, 1.165) is 24.5 Å². The number of phenolic OH excluding ortho intramolecular Hbond substituents is 1. The molecular formula is C17H18N6O2. The van der Waals surface area contributed by atoms with Crippen LogP contribution in [0.4, 0.5) is 5.82 Å². The smallest absolute Gasteiger partial charge is 0.227 e. The molecule has 1 N–H and O–H groups in total. The molecule has 1 aromatic carbocycles. The number of rotatable bonds is 3. The monoisotopic (exact) mass is 338 g/mol. The molecule has 1 aliphatic rings. The lowest BCUT2D eigenvalue weighted by molar-refractivity contribution is -0.130. The molecule has 0 aliphatic carbocycles. The Kier molecular flexibility index (Phi) is 3.93. The van der Waals surface area contributed by atoms with Crippen LogP contribution in [-0.2, 0) is 11.2 Å². The lowest BCUT2D eigenvalue weighted by atomic mass is 10.1. The second-order valence-corrected chi connectivity index (χ2v) is 6.04. The quantitative estimate of drug-likeness (QED) is 0.757. The van der Waals surface area contributed by atoms with Crippen molar-refractivity contribution in [3.8, 4) is 5.75 Å². The Balaban J connectivity index is 1.38. The summed E-state index contributed by atoms with van der Waals surface area (Å²) in [5.74, 6) is 1.12. The molecule has 0 bridgehead atoms. The average Bonchev–Trinajstić information content (AvgIpc) is 3.09. The number of benzene rings is 1. The number of carbonyl (C=O) groups is 1. The maximum Gasteiger partial charge on any atom is 0.227 e. The van der Waals surface area contributed by atoms with Crippen molar-refractivity contribution in [3.63, 3.8) is 0 Å². The van der Waals surface area contributed by atoms with Gasteiger partial charge in [-0.15, -0.1) is 15.3 Å². The number of nitrogens with zero attached hydrogens (tertiary/aromatic N) is 6. The van der Waals surface area contributed by atoms with Gasteiger partial charge < -0.3 is 14.9 Å². The first-order valence-corrected chi connectivity index (χ1v) is 8.17. The third-order valence-corrected chi connectivity index (χ3v) is 4.37. The Morgan fingerprint density at radius 1 is 1.12 bits per heavy atom. The highest BCUT2D eigenvalue weighted by molar-refractivity contribution is 5.79. The van der Waals surface area contributed by atoms with Crippen molar-refractivity contribution in [2.45, 2.75) is 6.42 Å². The summed E-state index contributed by atoms with van der Waals surface area (Å²) >= 11 is 0. The summed E-state index contributed by atoms with van der Waals surface area (Å²) in [5, 5.41) is 21.8. The minimum absolute atomic E-state index is 0.0764. The van der Waals surface area contributed by atoms with Gasteiger partial charge in [0, 0.05) is 26.2 Å². The standard InChI is InChI=1S/C17H18N6O2/c24-14-3-1-2-13(10-14)11-17(25)22-8-6-21(7-9-22)16-5-4-15-19-18-12-23(15)20-16/h1-5,10,12,24H,6-9,11H2. The van der Waals surface area contributed by atoms with E-state index in [-0.39, 0.29) is 11.7 Å². The van der Waals surface area contributed by atoms with Gasteiger partial charge in [-0.2, -0.15) is 4.52 Å². The molecule has 4 rings (SSSR count). The SMILES string of the molecule is O=C(Cc1cccc(O)c1)N1CCN(c2ccc3nncn3n2)CC1. The number of hydrogen-bond donors (Lipinski definition) is 1. The van der Waals surface area contributed by atoms with Crippen LogP contribution < -0.4 is 4.90 Å². The first kappa shape index (κ1) is 15.4. The topological polar surface area (TPSA) is 86.9 Å². The Morgan fingerprint density at radius 3 is 2.76 bits per heavy atom. The maximum atomic E-state index is 12.5. The van der Waals surface area contributed by atoms with Gasteiger partial charge in [0.25, 0.3) is 0 Å². The van der Waals surface area contributed by atoms with Crippen molar-refractivity contribution >= 4 is 17.4 Å². The molecule has 1 aliphatic heterocycles. The highest BCUT2D eigenvalue weighted by atomic mass is 16.3. The van der Waals surface area contributed by atoms with Crippen LogP contribution >= 0.6 is 0 Å². The summed E-state index contributed by atoms with van der Waals surface area (Å²) in [6, 6.07) is 10.6. The number of aromatic hydroxyl groups is 1. The van der Waals surface area contributed by atoms with Crippen LogP contribution in [0.15, 0.2) is 42.7 Å². The van der Waals surface area contributed by atoms with Crippen molar-refractivity contribution in [2.24, 2.45) is 0 Å². The summed E-state index contributed by atoms with van der Waals surface area (Å²) in [5.41, 5.74) is 1.54. The molecule has 0 unspecified atom stereocenters. The van der Waals surface area contributed by atoms with Gasteiger partial charge in [-0.25, -0.2) is 0 Å². The van der Waals surface area contributed by atoms with Gasteiger partial charge in [0.05, 0.1) is 6.42 Å². The number of fused-ring (bicyclic) bond motifs is 1. The van der Waals surface area contributed by atoms with Gasteiger partial charge in [-0.05, 0) is 29.8 Å². The number of phenols is 1. The summed E-state index contributed by atoms with van der Waals surface area (Å²) in [6.07, 6.45) is 1.88. The van der Waals surface area contributed by atoms with Gasteiger partial charge in [-0.3, -0.25) is 4.79 Å². The number of hydrogen-bond acceptors (Lipinski definition) is 6. The fourth-order valence-corrected chi connectivity index (χ4v) is 3.02. The van der Waals surface area contributed by atoms with Crippen LogP contribution in [0.2, 0.25) is 0 Å². The third-order valence-electron chi connectivity index (χ3n) is 4.37. The number of aromatic nitrogens is 4. The number of carbonyl (C=O) groups excluding carboxylic acids is 1. The highest BCUT2D eigenvalue weighted by Gasteiger charge is 2.22. The fourth-order valence-electron chi connectivity index (χ4n) is 3.02. The van der Waals surface area contributed by atoms with E-state index in [2.05, 4.69) is 20.2 Å². The lowest BCUT2D eigenvalue weighted by Gasteiger charge is -2.35. The number of anilines is 1. The lowest BCUT2D eigenvalue weighted by Crippen LogP contribution is -2.49. The van der Waals surface area contributed by atoms with Crippen LogP contribution in [0, 0.1) is 0 Å². The van der Waals surface area contributed by atoms with Gasteiger partial charge >= 0.3 is 0 Å². The molecule has 1 amide bonds. The molecule has 1 saturated heterocycles. The van der Waals surface area contributed by atoms with E-state index in [0.29, 0.717) is 25.2 Å². The van der Waals surface area contributed by atoms with Crippen LogP contribution in [0.25, 0.3) is 5.65 Å². The molecule has 3 heterocycles. The second kappa shape index (κ2) is 6.39. The van der Waals surface area contributed by atoms with Gasteiger partial charge in [0.15, 0.2) is 5.65 Å². The predicted molar refractivity (Wildman–Crippen MR) is 91.4 cm³/mol. The minimum atomic E-state index is 0.0764. The van der Waals surface area contributed by atoms with E-state index < -0.39 is 0 Å². The van der Waals surface area contributed by atoms with Crippen LogP contribution in [0.5, 0.6) is 5.75 Å². The third kappa shape index (κ3) is 3.23. The van der Waals surface area contributed by atoms with E-state index in [1.54, 1.807) is 29.0 Å². The molecule has 2 aromatic heterocycles. The zero-order chi connectivity index (χ0) is 17.2. The van der Waals surface area contributed by atoms with Crippen molar-refractivity contribution in [1.82, 2.24) is 24.7 Å². The molecule has 1 fully saturated rings. The number of amides is 1. The predicted octanol–water partition coefficient (Wildman–Crippen LogP) is 0.721. The summed E-state index contributed by atoms with van der Waals surface area (Å²) < 4.78 is 1.65. The molecule has 8 heteroatoms. The fraction of sp³-hybridized carbons (Fsp3) is 0.294. The van der Waals surface area contributed by atoms with Crippen molar-refractivity contribution in [2.75, 3.05) is 31.1 Å². The normalized spacial score (nSPS) is 14.9. The van der Waals surface area contributed by atoms with E-state index in [4.69, 9.17) is 0 Å². The Hall–Kier alpha value is -3.16. The molecule has 0 saturated carbocycles. The van der Waals surface area contributed by atoms with Gasteiger partial charge in [-0.1, -0.05) is 12.1 Å². The molecule has 3 aromatic rings. The summed E-state index contributed by atoms with van der Waals surface area (Å²) in [6.45, 7) is 2.76. The summed E-state index contributed by atoms with van der Waals surface area (Å²) in [4.78, 5) is 16.5. The van der Waals surface area contributed by atoms with Crippen LogP contribution in [0.3, 0.4) is 0 Å². The van der Waals surface area contributed by atoms with Crippen molar-refractivity contribution < 1.29 is 9.90 Å². The van der Waals surface area contributed by atoms with Crippen LogP contribution in [0.1, 0.15) is 5.56 Å². The molecule has 25 heavy (non-hydrogen) atoms.